The minimum absolute atomic E-state index is 0.0257. The van der Waals surface area contributed by atoms with Crippen LogP contribution in [-0.2, 0) is 14.4 Å². The fraction of sp³-hybridized carbons (Fsp3) is 0.923. The molecule has 0 aromatic rings. The van der Waals surface area contributed by atoms with Crippen molar-refractivity contribution in [1.29, 1.82) is 0 Å². The van der Waals surface area contributed by atoms with Crippen molar-refractivity contribution in [3.05, 3.63) is 0 Å². The summed E-state index contributed by atoms with van der Waals surface area (Å²) in [6.07, 6.45) is 3.76. The Morgan fingerprint density at radius 2 is 1.71 bits per heavy atom. The molecule has 0 saturated carbocycles. The van der Waals surface area contributed by atoms with E-state index in [1.807, 2.05) is 0 Å². The molecule has 1 fully saturated rings. The van der Waals surface area contributed by atoms with Crippen LogP contribution in [0.15, 0.2) is 0 Å². The summed E-state index contributed by atoms with van der Waals surface area (Å²) in [5.74, 6) is -0.224. The summed E-state index contributed by atoms with van der Waals surface area (Å²) in [5.41, 5.74) is 0.0513. The van der Waals surface area contributed by atoms with Crippen molar-refractivity contribution in [3.8, 4) is 0 Å². The second-order valence-corrected chi connectivity index (χ2v) is 5.93. The van der Waals surface area contributed by atoms with Crippen LogP contribution in [0.2, 0.25) is 0 Å². The van der Waals surface area contributed by atoms with Crippen LogP contribution in [0.4, 0.5) is 0 Å². The molecular weight excluding hydrogens is 218 g/mol. The molecule has 0 N–H and O–H groups in total. The number of hydroxylamine groups is 2. The lowest BCUT2D eigenvalue weighted by molar-refractivity contribution is -0.280. The highest BCUT2D eigenvalue weighted by Gasteiger charge is 2.42. The lowest BCUT2D eigenvalue weighted by Crippen LogP contribution is -2.58. The number of hydrogen-bond acceptors (Lipinski definition) is 4. The first-order chi connectivity index (χ1) is 7.79. The molecule has 0 unspecified atom stereocenters. The predicted molar refractivity (Wildman–Crippen MR) is 66.4 cm³/mol. The zero-order valence-electron chi connectivity index (χ0n) is 11.7. The third-order valence-electron chi connectivity index (χ3n) is 3.43. The summed E-state index contributed by atoms with van der Waals surface area (Å²) in [6, 6.07) is 0. The second-order valence-electron chi connectivity index (χ2n) is 5.93. The Labute approximate surface area is 104 Å². The zero-order valence-corrected chi connectivity index (χ0v) is 11.7. The number of carbonyl (C=O) groups is 1. The monoisotopic (exact) mass is 243 g/mol. The van der Waals surface area contributed by atoms with E-state index in [9.17, 15) is 4.79 Å². The van der Waals surface area contributed by atoms with Gasteiger partial charge in [0.1, 0.15) is 0 Å². The molecule has 4 nitrogen and oxygen atoms in total. The van der Waals surface area contributed by atoms with Gasteiger partial charge in [-0.1, -0.05) is 0 Å². The van der Waals surface area contributed by atoms with Crippen molar-refractivity contribution >= 4 is 5.97 Å². The average molecular weight is 243 g/mol. The Morgan fingerprint density at radius 3 is 2.18 bits per heavy atom. The third kappa shape index (κ3) is 3.68. The maximum absolute atomic E-state index is 11.1. The number of carbonyl (C=O) groups excluding carboxylic acids is 1. The summed E-state index contributed by atoms with van der Waals surface area (Å²) < 4.78 is 4.61. The Balaban J connectivity index is 2.55. The summed E-state index contributed by atoms with van der Waals surface area (Å²) in [6.45, 7) is 9.13. The first-order valence-electron chi connectivity index (χ1n) is 6.30. The van der Waals surface area contributed by atoms with E-state index in [4.69, 9.17) is 4.84 Å². The molecule has 4 heteroatoms. The van der Waals surface area contributed by atoms with Gasteiger partial charge >= 0.3 is 5.97 Å². The molecule has 1 aliphatic rings. The molecule has 1 rings (SSSR count). The summed E-state index contributed by atoms with van der Waals surface area (Å²) >= 11 is 0. The number of nitrogens with zero attached hydrogens (tertiary/aromatic N) is 1. The van der Waals surface area contributed by atoms with E-state index in [1.165, 1.54) is 13.5 Å². The third-order valence-corrected chi connectivity index (χ3v) is 3.43. The van der Waals surface area contributed by atoms with E-state index in [0.717, 1.165) is 12.8 Å². The first kappa shape index (κ1) is 14.5. The second kappa shape index (κ2) is 5.36. The van der Waals surface area contributed by atoms with Gasteiger partial charge < -0.3 is 4.74 Å². The van der Waals surface area contributed by atoms with Gasteiger partial charge in [-0.05, 0) is 47.0 Å². The molecule has 0 aliphatic carbocycles. The molecule has 0 radical (unpaired) electrons. The Morgan fingerprint density at radius 1 is 1.18 bits per heavy atom. The van der Waals surface area contributed by atoms with E-state index in [2.05, 4.69) is 37.5 Å². The van der Waals surface area contributed by atoms with Crippen LogP contribution < -0.4 is 0 Å². The van der Waals surface area contributed by atoms with Gasteiger partial charge in [0.15, 0.2) is 0 Å². The Bertz CT molecular complexity index is 258. The predicted octanol–water partition coefficient (Wildman–Crippen LogP) is 2.52. The maximum atomic E-state index is 11.1. The van der Waals surface area contributed by atoms with Gasteiger partial charge in [-0.25, -0.2) is 0 Å². The number of rotatable bonds is 4. The van der Waals surface area contributed by atoms with Crippen LogP contribution in [0.5, 0.6) is 0 Å². The molecule has 0 spiro atoms. The minimum Gasteiger partial charge on any atom is -0.469 e. The minimum atomic E-state index is -0.224. The van der Waals surface area contributed by atoms with Gasteiger partial charge in [0.2, 0.25) is 0 Å². The van der Waals surface area contributed by atoms with Crippen molar-refractivity contribution < 1.29 is 14.4 Å². The highest BCUT2D eigenvalue weighted by Crippen LogP contribution is 2.38. The topological polar surface area (TPSA) is 38.8 Å². The van der Waals surface area contributed by atoms with Crippen LogP contribution in [-0.4, -0.2) is 35.8 Å². The van der Waals surface area contributed by atoms with E-state index in [-0.39, 0.29) is 17.0 Å². The standard InChI is InChI=1S/C13H25NO3/c1-12(2)8-6-9-13(3,4)14(12)17-10-7-11(15)16-5/h6-10H2,1-5H3. The number of piperidine rings is 1. The van der Waals surface area contributed by atoms with Crippen molar-refractivity contribution in [1.82, 2.24) is 5.06 Å². The highest BCUT2D eigenvalue weighted by molar-refractivity contribution is 5.69. The molecule has 0 amide bonds. The number of methoxy groups -OCH3 is 1. The van der Waals surface area contributed by atoms with Gasteiger partial charge in [-0.15, -0.1) is 0 Å². The van der Waals surface area contributed by atoms with Crippen molar-refractivity contribution in [2.75, 3.05) is 13.7 Å². The molecule has 1 heterocycles. The molecule has 100 valence electrons. The summed E-state index contributed by atoms with van der Waals surface area (Å²) in [7, 11) is 1.40. The van der Waals surface area contributed by atoms with E-state index in [0.29, 0.717) is 13.0 Å². The molecule has 1 saturated heterocycles. The number of hydrogen-bond donors (Lipinski definition) is 0. The normalized spacial score (nSPS) is 23.4. The molecular formula is C13H25NO3. The van der Waals surface area contributed by atoms with Gasteiger partial charge in [-0.3, -0.25) is 9.63 Å². The van der Waals surface area contributed by atoms with Crippen molar-refractivity contribution in [3.63, 3.8) is 0 Å². The van der Waals surface area contributed by atoms with Crippen LogP contribution >= 0.6 is 0 Å². The van der Waals surface area contributed by atoms with E-state index >= 15 is 0 Å². The van der Waals surface area contributed by atoms with E-state index < -0.39 is 0 Å². The molecule has 0 aromatic heterocycles. The maximum Gasteiger partial charge on any atom is 0.307 e. The Kier molecular flexibility index (Phi) is 4.55. The SMILES string of the molecule is COC(=O)CCON1C(C)(C)CCCC1(C)C. The lowest BCUT2D eigenvalue weighted by Gasteiger charge is -2.51. The zero-order chi connectivity index (χ0) is 13.1. The van der Waals surface area contributed by atoms with Gasteiger partial charge in [-0.2, -0.15) is 5.06 Å². The lowest BCUT2D eigenvalue weighted by atomic mass is 9.82. The fourth-order valence-corrected chi connectivity index (χ4v) is 2.65. The van der Waals surface area contributed by atoms with Crippen LogP contribution in [0.1, 0.15) is 53.4 Å². The number of esters is 1. The number of ether oxygens (including phenoxy) is 1. The highest BCUT2D eigenvalue weighted by atomic mass is 16.7. The van der Waals surface area contributed by atoms with Gasteiger partial charge in [0.25, 0.3) is 0 Å². The van der Waals surface area contributed by atoms with E-state index in [1.54, 1.807) is 0 Å². The first-order valence-corrected chi connectivity index (χ1v) is 6.30. The largest absolute Gasteiger partial charge is 0.469 e. The molecule has 17 heavy (non-hydrogen) atoms. The molecule has 0 atom stereocenters. The summed E-state index contributed by atoms with van der Waals surface area (Å²) in [5, 5.41) is 2.06. The van der Waals surface area contributed by atoms with Crippen molar-refractivity contribution in [2.45, 2.75) is 64.5 Å². The molecule has 0 bridgehead atoms. The summed E-state index contributed by atoms with van der Waals surface area (Å²) in [4.78, 5) is 16.9. The van der Waals surface area contributed by atoms with Crippen LogP contribution in [0, 0.1) is 0 Å². The quantitative estimate of drug-likeness (QED) is 0.711. The smallest absolute Gasteiger partial charge is 0.307 e. The molecule has 1 aliphatic heterocycles. The van der Waals surface area contributed by atoms with Crippen molar-refractivity contribution in [2.24, 2.45) is 0 Å². The van der Waals surface area contributed by atoms with Crippen LogP contribution in [0.3, 0.4) is 0 Å². The van der Waals surface area contributed by atoms with Crippen LogP contribution in [0.25, 0.3) is 0 Å². The molecule has 0 aromatic carbocycles. The average Bonchev–Trinajstić information content (AvgIpc) is 2.21. The van der Waals surface area contributed by atoms with Gasteiger partial charge in [0, 0.05) is 11.1 Å². The Hall–Kier alpha value is -0.610. The van der Waals surface area contributed by atoms with Gasteiger partial charge in [0.05, 0.1) is 20.1 Å². The fourth-order valence-electron chi connectivity index (χ4n) is 2.65.